The quantitative estimate of drug-likeness (QED) is 0.886. The Bertz CT molecular complexity index is 475. The highest BCUT2D eigenvalue weighted by molar-refractivity contribution is 9.10. The molecular formula is C10H14BrClN2O2S. The molecule has 1 aromatic carbocycles. The Hall–Kier alpha value is -0.140. The molecule has 7 heteroatoms. The maximum absolute atomic E-state index is 12.2. The first-order valence-electron chi connectivity index (χ1n) is 5.07. The van der Waals surface area contributed by atoms with Gasteiger partial charge in [-0.2, -0.15) is 4.31 Å². The lowest BCUT2D eigenvalue weighted by Crippen LogP contribution is -2.46. The van der Waals surface area contributed by atoms with E-state index in [1.54, 1.807) is 18.2 Å². The van der Waals surface area contributed by atoms with Crippen LogP contribution in [0.25, 0.3) is 0 Å². The molecule has 1 N–H and O–H groups in total. The van der Waals surface area contributed by atoms with Gasteiger partial charge in [0.25, 0.3) is 0 Å². The van der Waals surface area contributed by atoms with E-state index >= 15 is 0 Å². The third-order valence-corrected chi connectivity index (χ3v) is 4.90. The minimum absolute atomic E-state index is 0. The van der Waals surface area contributed by atoms with Crippen molar-refractivity contribution in [2.24, 2.45) is 0 Å². The molecule has 1 aliphatic heterocycles. The number of rotatable bonds is 2. The Morgan fingerprint density at radius 2 is 1.88 bits per heavy atom. The third-order valence-electron chi connectivity index (χ3n) is 2.51. The average Bonchev–Trinajstić information content (AvgIpc) is 2.30. The van der Waals surface area contributed by atoms with Crippen molar-refractivity contribution in [1.82, 2.24) is 9.62 Å². The second kappa shape index (κ2) is 6.15. The Labute approximate surface area is 116 Å². The van der Waals surface area contributed by atoms with Crippen LogP contribution in [-0.2, 0) is 10.0 Å². The lowest BCUT2D eigenvalue weighted by atomic mass is 10.4. The number of nitrogens with zero attached hydrogens (tertiary/aromatic N) is 1. The third kappa shape index (κ3) is 3.42. The monoisotopic (exact) mass is 340 g/mol. The molecule has 0 bridgehead atoms. The predicted molar refractivity (Wildman–Crippen MR) is 73.0 cm³/mol. The number of piperazine rings is 1. The zero-order chi connectivity index (χ0) is 11.6. The molecule has 1 heterocycles. The molecule has 2 rings (SSSR count). The average molecular weight is 342 g/mol. The van der Waals surface area contributed by atoms with Gasteiger partial charge >= 0.3 is 0 Å². The number of hydrogen-bond donors (Lipinski definition) is 1. The lowest BCUT2D eigenvalue weighted by molar-refractivity contribution is 0.360. The summed E-state index contributed by atoms with van der Waals surface area (Å²) in [7, 11) is -3.32. The minimum Gasteiger partial charge on any atom is -0.314 e. The van der Waals surface area contributed by atoms with E-state index in [1.807, 2.05) is 6.07 Å². The summed E-state index contributed by atoms with van der Waals surface area (Å²) < 4.78 is 26.7. The summed E-state index contributed by atoms with van der Waals surface area (Å²) in [5.41, 5.74) is 0. The Morgan fingerprint density at radius 3 is 2.47 bits per heavy atom. The molecule has 0 aliphatic carbocycles. The van der Waals surface area contributed by atoms with Crippen molar-refractivity contribution in [2.45, 2.75) is 4.90 Å². The van der Waals surface area contributed by atoms with Crippen molar-refractivity contribution in [2.75, 3.05) is 26.2 Å². The first kappa shape index (κ1) is 14.9. The van der Waals surface area contributed by atoms with E-state index in [9.17, 15) is 8.42 Å². The van der Waals surface area contributed by atoms with Crippen molar-refractivity contribution < 1.29 is 8.42 Å². The van der Waals surface area contributed by atoms with Crippen LogP contribution in [0.5, 0.6) is 0 Å². The molecular weight excluding hydrogens is 328 g/mol. The minimum atomic E-state index is -3.32. The molecule has 1 fully saturated rings. The standard InChI is InChI=1S/C10H13BrN2O2S.ClH/c11-9-2-1-3-10(8-9)16(14,15)13-6-4-12-5-7-13;/h1-3,8,12H,4-7H2;1H. The second-order valence-electron chi connectivity index (χ2n) is 3.61. The van der Waals surface area contributed by atoms with Crippen LogP contribution < -0.4 is 5.32 Å². The van der Waals surface area contributed by atoms with E-state index in [0.29, 0.717) is 31.1 Å². The van der Waals surface area contributed by atoms with Gasteiger partial charge in [0.05, 0.1) is 4.90 Å². The van der Waals surface area contributed by atoms with Crippen molar-refractivity contribution in [3.63, 3.8) is 0 Å². The SMILES string of the molecule is Cl.O=S(=O)(c1cccc(Br)c1)N1CCNCC1. The molecule has 0 aromatic heterocycles. The molecule has 0 atom stereocenters. The zero-order valence-electron chi connectivity index (χ0n) is 9.10. The molecule has 96 valence electrons. The zero-order valence-corrected chi connectivity index (χ0v) is 12.3. The van der Waals surface area contributed by atoms with Crippen molar-refractivity contribution in [3.05, 3.63) is 28.7 Å². The van der Waals surface area contributed by atoms with Gasteiger partial charge in [-0.25, -0.2) is 8.42 Å². The maximum atomic E-state index is 12.2. The topological polar surface area (TPSA) is 49.4 Å². The summed E-state index contributed by atoms with van der Waals surface area (Å²) in [6.45, 7) is 2.50. The fraction of sp³-hybridized carbons (Fsp3) is 0.400. The molecule has 0 spiro atoms. The van der Waals surface area contributed by atoms with E-state index < -0.39 is 10.0 Å². The van der Waals surface area contributed by atoms with E-state index in [2.05, 4.69) is 21.2 Å². The highest BCUT2D eigenvalue weighted by atomic mass is 79.9. The maximum Gasteiger partial charge on any atom is 0.243 e. The largest absolute Gasteiger partial charge is 0.314 e. The van der Waals surface area contributed by atoms with Crippen LogP contribution in [0.4, 0.5) is 0 Å². The van der Waals surface area contributed by atoms with E-state index in [1.165, 1.54) is 4.31 Å². The van der Waals surface area contributed by atoms with Crippen LogP contribution in [0, 0.1) is 0 Å². The van der Waals surface area contributed by atoms with Crippen molar-refractivity contribution in [3.8, 4) is 0 Å². The molecule has 0 radical (unpaired) electrons. The smallest absolute Gasteiger partial charge is 0.243 e. The predicted octanol–water partition coefficient (Wildman–Crippen LogP) is 1.46. The number of halogens is 2. The molecule has 1 aromatic rings. The summed E-state index contributed by atoms with van der Waals surface area (Å²) >= 11 is 3.28. The number of nitrogens with one attached hydrogen (secondary N) is 1. The molecule has 0 unspecified atom stereocenters. The summed E-state index contributed by atoms with van der Waals surface area (Å²) in [5, 5.41) is 3.13. The van der Waals surface area contributed by atoms with Crippen LogP contribution in [-0.4, -0.2) is 38.9 Å². The normalized spacial score (nSPS) is 17.5. The van der Waals surface area contributed by atoms with Crippen LogP contribution in [0.2, 0.25) is 0 Å². The van der Waals surface area contributed by atoms with Crippen molar-refractivity contribution >= 4 is 38.4 Å². The fourth-order valence-electron chi connectivity index (χ4n) is 1.66. The van der Waals surface area contributed by atoms with Gasteiger partial charge in [-0.05, 0) is 18.2 Å². The molecule has 0 amide bonds. The number of sulfonamides is 1. The van der Waals surface area contributed by atoms with Gasteiger partial charge < -0.3 is 5.32 Å². The molecule has 1 aliphatic rings. The Kier molecular flexibility index (Phi) is 5.40. The molecule has 4 nitrogen and oxygen atoms in total. The highest BCUT2D eigenvalue weighted by Gasteiger charge is 2.25. The summed E-state index contributed by atoms with van der Waals surface area (Å²) in [4.78, 5) is 0.351. The Balaban J connectivity index is 0.00000144. The highest BCUT2D eigenvalue weighted by Crippen LogP contribution is 2.20. The van der Waals surface area contributed by atoms with Gasteiger partial charge in [0.1, 0.15) is 0 Å². The van der Waals surface area contributed by atoms with Crippen LogP contribution in [0.15, 0.2) is 33.6 Å². The van der Waals surface area contributed by atoms with Crippen LogP contribution >= 0.6 is 28.3 Å². The lowest BCUT2D eigenvalue weighted by Gasteiger charge is -2.26. The summed E-state index contributed by atoms with van der Waals surface area (Å²) in [6, 6.07) is 6.81. The second-order valence-corrected chi connectivity index (χ2v) is 6.47. The van der Waals surface area contributed by atoms with Crippen molar-refractivity contribution in [1.29, 1.82) is 0 Å². The molecule has 0 saturated carbocycles. The summed E-state index contributed by atoms with van der Waals surface area (Å²) in [6.07, 6.45) is 0. The Morgan fingerprint density at radius 1 is 1.24 bits per heavy atom. The number of hydrogen-bond acceptors (Lipinski definition) is 3. The van der Waals surface area contributed by atoms with Crippen LogP contribution in [0.1, 0.15) is 0 Å². The first-order chi connectivity index (χ1) is 7.60. The fourth-order valence-corrected chi connectivity index (χ4v) is 3.70. The van der Waals surface area contributed by atoms with Gasteiger partial charge in [-0.1, -0.05) is 22.0 Å². The van der Waals surface area contributed by atoms with Gasteiger partial charge in [-0.3, -0.25) is 0 Å². The van der Waals surface area contributed by atoms with E-state index in [-0.39, 0.29) is 12.4 Å². The van der Waals surface area contributed by atoms with Gasteiger partial charge in [0.15, 0.2) is 0 Å². The van der Waals surface area contributed by atoms with Gasteiger partial charge in [-0.15, -0.1) is 12.4 Å². The van der Waals surface area contributed by atoms with E-state index in [0.717, 1.165) is 4.47 Å². The molecule has 17 heavy (non-hydrogen) atoms. The van der Waals surface area contributed by atoms with E-state index in [4.69, 9.17) is 0 Å². The first-order valence-corrected chi connectivity index (χ1v) is 7.30. The number of benzene rings is 1. The van der Waals surface area contributed by atoms with Crippen LogP contribution in [0.3, 0.4) is 0 Å². The molecule has 1 saturated heterocycles. The summed E-state index contributed by atoms with van der Waals surface area (Å²) in [5.74, 6) is 0. The van der Waals surface area contributed by atoms with Gasteiger partial charge in [0, 0.05) is 30.7 Å². The van der Waals surface area contributed by atoms with Gasteiger partial charge in [0.2, 0.25) is 10.0 Å².